The number of hydrogen-bond donors (Lipinski definition) is 0. The Kier molecular flexibility index (Phi) is 2.30. The van der Waals surface area contributed by atoms with Crippen LogP contribution in [0.15, 0.2) is 24.3 Å². The van der Waals surface area contributed by atoms with Crippen LogP contribution in [0.1, 0.15) is 34.1 Å². The number of halogens is 2. The first kappa shape index (κ1) is 12.7. The molecule has 1 heterocycles. The van der Waals surface area contributed by atoms with Crippen molar-refractivity contribution < 1.29 is 28.0 Å². The Labute approximate surface area is 112 Å². The summed E-state index contributed by atoms with van der Waals surface area (Å²) < 4.78 is 26.1. The van der Waals surface area contributed by atoms with E-state index in [1.165, 1.54) is 12.1 Å². The quantitative estimate of drug-likeness (QED) is 0.775. The fourth-order valence-corrected chi connectivity index (χ4v) is 2.06. The number of carbonyl (C=O) groups is 3. The molecule has 5 nitrogen and oxygen atoms in total. The second kappa shape index (κ2) is 3.62. The topological polar surface area (TPSA) is 63.7 Å². The molecule has 0 aromatic heterocycles. The van der Waals surface area contributed by atoms with Crippen molar-refractivity contribution in [2.24, 2.45) is 5.41 Å². The zero-order valence-corrected chi connectivity index (χ0v) is 10.4. The maximum Gasteiger partial charge on any atom is 0.345 e. The maximum absolute atomic E-state index is 13.1. The minimum absolute atomic E-state index is 0.0815. The highest BCUT2D eigenvalue weighted by molar-refractivity contribution is 6.21. The molecule has 1 fully saturated rings. The molecule has 2 aliphatic rings. The van der Waals surface area contributed by atoms with Crippen LogP contribution in [0.2, 0.25) is 0 Å². The first-order chi connectivity index (χ1) is 9.28. The number of hydrogen-bond acceptors (Lipinski definition) is 4. The van der Waals surface area contributed by atoms with E-state index in [1.807, 2.05) is 0 Å². The van der Waals surface area contributed by atoms with Gasteiger partial charge in [-0.05, 0) is 19.1 Å². The number of imide groups is 1. The molecule has 0 saturated heterocycles. The highest BCUT2D eigenvalue weighted by Crippen LogP contribution is 2.60. The molecule has 1 atom stereocenters. The van der Waals surface area contributed by atoms with E-state index in [-0.39, 0.29) is 16.2 Å². The Morgan fingerprint density at radius 2 is 1.65 bits per heavy atom. The molecule has 1 aromatic rings. The number of carbonyl (C=O) groups excluding carboxylic acids is 3. The van der Waals surface area contributed by atoms with Gasteiger partial charge in [-0.15, -0.1) is 0 Å². The normalized spacial score (nSPS) is 26.4. The monoisotopic (exact) mass is 281 g/mol. The molecule has 20 heavy (non-hydrogen) atoms. The Hall–Kier alpha value is -2.31. The third-order valence-electron chi connectivity index (χ3n) is 3.64. The summed E-state index contributed by atoms with van der Waals surface area (Å²) in [6.07, 6.45) is -0.651. The van der Waals surface area contributed by atoms with Crippen LogP contribution in [0, 0.1) is 5.41 Å². The van der Waals surface area contributed by atoms with Gasteiger partial charge in [-0.2, -0.15) is 0 Å². The summed E-state index contributed by atoms with van der Waals surface area (Å²) in [4.78, 5) is 40.1. The van der Waals surface area contributed by atoms with Crippen LogP contribution in [-0.4, -0.2) is 28.8 Å². The third-order valence-corrected chi connectivity index (χ3v) is 3.64. The standard InChI is InChI=1S/C13H9F2NO4/c1-12(6-13(12,14)15)11(19)20-16-9(17)7-4-2-3-5-8(7)10(16)18/h2-5H,6H2,1H3. The van der Waals surface area contributed by atoms with Crippen LogP contribution in [0.25, 0.3) is 0 Å². The lowest BCUT2D eigenvalue weighted by atomic mass is 10.1. The van der Waals surface area contributed by atoms with E-state index >= 15 is 0 Å². The van der Waals surface area contributed by atoms with E-state index in [4.69, 9.17) is 0 Å². The summed E-state index contributed by atoms with van der Waals surface area (Å²) in [7, 11) is 0. The Bertz CT molecular complexity index is 623. The predicted molar refractivity (Wildman–Crippen MR) is 60.7 cm³/mol. The molecule has 1 aliphatic heterocycles. The van der Waals surface area contributed by atoms with Gasteiger partial charge in [0.25, 0.3) is 17.7 Å². The molecular weight excluding hydrogens is 272 g/mol. The van der Waals surface area contributed by atoms with Crippen LogP contribution < -0.4 is 0 Å². The van der Waals surface area contributed by atoms with Gasteiger partial charge in [-0.3, -0.25) is 9.59 Å². The lowest BCUT2D eigenvalue weighted by Gasteiger charge is -2.15. The van der Waals surface area contributed by atoms with Crippen molar-refractivity contribution in [3.63, 3.8) is 0 Å². The molecule has 1 aliphatic carbocycles. The summed E-state index contributed by atoms with van der Waals surface area (Å²) in [5.74, 6) is -6.10. The lowest BCUT2D eigenvalue weighted by molar-refractivity contribution is -0.178. The van der Waals surface area contributed by atoms with Crippen molar-refractivity contribution in [1.82, 2.24) is 5.06 Å². The van der Waals surface area contributed by atoms with E-state index in [2.05, 4.69) is 4.84 Å². The highest BCUT2D eigenvalue weighted by atomic mass is 19.3. The molecule has 0 N–H and O–H groups in total. The van der Waals surface area contributed by atoms with Gasteiger partial charge >= 0.3 is 5.97 Å². The first-order valence-corrected chi connectivity index (χ1v) is 5.86. The van der Waals surface area contributed by atoms with Gasteiger partial charge in [-0.25, -0.2) is 13.6 Å². The number of amides is 2. The van der Waals surface area contributed by atoms with Crippen molar-refractivity contribution in [2.45, 2.75) is 19.3 Å². The molecule has 104 valence electrons. The molecule has 0 bridgehead atoms. The van der Waals surface area contributed by atoms with E-state index in [9.17, 15) is 23.2 Å². The van der Waals surface area contributed by atoms with Crippen molar-refractivity contribution >= 4 is 17.8 Å². The number of fused-ring (bicyclic) bond motifs is 1. The van der Waals surface area contributed by atoms with Crippen LogP contribution in [0.4, 0.5) is 8.78 Å². The average molecular weight is 281 g/mol. The lowest BCUT2D eigenvalue weighted by Crippen LogP contribution is -2.36. The van der Waals surface area contributed by atoms with Gasteiger partial charge in [0.2, 0.25) is 0 Å². The number of rotatable bonds is 2. The van der Waals surface area contributed by atoms with Crippen molar-refractivity contribution in [2.75, 3.05) is 0 Å². The maximum atomic E-state index is 13.1. The predicted octanol–water partition coefficient (Wildman–Crippen LogP) is 1.79. The fourth-order valence-electron chi connectivity index (χ4n) is 2.06. The van der Waals surface area contributed by atoms with Crippen LogP contribution in [-0.2, 0) is 9.63 Å². The molecule has 0 spiro atoms. The molecule has 2 amide bonds. The van der Waals surface area contributed by atoms with Crippen LogP contribution in [0.3, 0.4) is 0 Å². The summed E-state index contributed by atoms with van der Waals surface area (Å²) in [6, 6.07) is 5.89. The number of nitrogens with zero attached hydrogens (tertiary/aromatic N) is 1. The number of hydroxylamine groups is 2. The summed E-state index contributed by atoms with van der Waals surface area (Å²) in [5, 5.41) is 0.243. The Balaban J connectivity index is 1.83. The third kappa shape index (κ3) is 1.49. The summed E-state index contributed by atoms with van der Waals surface area (Å²) in [5.41, 5.74) is -1.81. The SMILES string of the molecule is CC1(C(=O)ON2C(=O)c3ccccc3C2=O)CC1(F)F. The fraction of sp³-hybridized carbons (Fsp3) is 0.308. The molecule has 1 saturated carbocycles. The molecular formula is C13H9F2NO4. The van der Waals surface area contributed by atoms with Crippen molar-refractivity contribution in [3.05, 3.63) is 35.4 Å². The van der Waals surface area contributed by atoms with Gasteiger partial charge in [0.1, 0.15) is 5.41 Å². The summed E-state index contributed by atoms with van der Waals surface area (Å²) in [6.45, 7) is 1.04. The zero-order valence-electron chi connectivity index (χ0n) is 10.4. The smallest absolute Gasteiger partial charge is 0.329 e. The van der Waals surface area contributed by atoms with Gasteiger partial charge in [-0.1, -0.05) is 17.2 Å². The molecule has 7 heteroatoms. The Morgan fingerprint density at radius 3 is 2.05 bits per heavy atom. The second-order valence-corrected chi connectivity index (χ2v) is 5.04. The zero-order chi connectivity index (χ0) is 14.7. The van der Waals surface area contributed by atoms with E-state index in [1.54, 1.807) is 12.1 Å². The van der Waals surface area contributed by atoms with E-state index < -0.39 is 35.5 Å². The minimum Gasteiger partial charge on any atom is -0.329 e. The molecule has 1 aromatic carbocycles. The van der Waals surface area contributed by atoms with Gasteiger partial charge in [0, 0.05) is 6.42 Å². The first-order valence-electron chi connectivity index (χ1n) is 5.86. The minimum atomic E-state index is -3.16. The second-order valence-electron chi connectivity index (χ2n) is 5.04. The number of alkyl halides is 2. The van der Waals surface area contributed by atoms with Crippen LogP contribution >= 0.6 is 0 Å². The molecule has 3 rings (SSSR count). The van der Waals surface area contributed by atoms with Crippen LogP contribution in [0.5, 0.6) is 0 Å². The summed E-state index contributed by atoms with van der Waals surface area (Å²) >= 11 is 0. The van der Waals surface area contributed by atoms with E-state index in [0.29, 0.717) is 0 Å². The average Bonchev–Trinajstić information content (AvgIpc) is 2.84. The van der Waals surface area contributed by atoms with Gasteiger partial charge in [0.05, 0.1) is 11.1 Å². The Morgan fingerprint density at radius 1 is 1.20 bits per heavy atom. The van der Waals surface area contributed by atoms with Crippen molar-refractivity contribution in [3.8, 4) is 0 Å². The largest absolute Gasteiger partial charge is 0.345 e. The molecule has 1 unspecified atom stereocenters. The van der Waals surface area contributed by atoms with Crippen molar-refractivity contribution in [1.29, 1.82) is 0 Å². The highest BCUT2D eigenvalue weighted by Gasteiger charge is 2.74. The van der Waals surface area contributed by atoms with E-state index in [0.717, 1.165) is 6.92 Å². The van der Waals surface area contributed by atoms with Gasteiger partial charge < -0.3 is 4.84 Å². The molecule has 0 radical (unpaired) electrons. The number of benzene rings is 1. The van der Waals surface area contributed by atoms with Gasteiger partial charge in [0.15, 0.2) is 0 Å².